The quantitative estimate of drug-likeness (QED) is 0.553. The van der Waals surface area contributed by atoms with E-state index in [1.165, 1.54) is 25.1 Å². The Hall–Kier alpha value is -1.70. The Morgan fingerprint density at radius 3 is 2.60 bits per heavy atom. The maximum Gasteiger partial charge on any atom is 0.270 e. The number of aliphatic hydroxyl groups is 2. The second-order valence-electron chi connectivity index (χ2n) is 4.28. The van der Waals surface area contributed by atoms with Crippen LogP contribution in [-0.2, 0) is 4.74 Å². The molecule has 0 aliphatic heterocycles. The normalized spacial score (nSPS) is 13.8. The molecule has 0 aliphatic rings. The molecule has 1 aromatic rings. The Morgan fingerprint density at radius 2 is 2.05 bits per heavy atom. The molecule has 1 rings (SSSR count). The summed E-state index contributed by atoms with van der Waals surface area (Å²) in [4.78, 5) is 10.2. The van der Waals surface area contributed by atoms with Crippen LogP contribution in [0.1, 0.15) is 25.5 Å². The monoisotopic (exact) mass is 285 g/mol. The first kappa shape index (κ1) is 16.4. The van der Waals surface area contributed by atoms with Gasteiger partial charge < -0.3 is 19.7 Å². The van der Waals surface area contributed by atoms with Gasteiger partial charge in [-0.15, -0.1) is 0 Å². The van der Waals surface area contributed by atoms with Gasteiger partial charge in [-0.3, -0.25) is 10.1 Å². The third-order valence-corrected chi connectivity index (χ3v) is 2.60. The van der Waals surface area contributed by atoms with Crippen LogP contribution in [0.25, 0.3) is 0 Å². The molecular weight excluding hydrogens is 266 g/mol. The summed E-state index contributed by atoms with van der Waals surface area (Å²) < 4.78 is 10.4. The van der Waals surface area contributed by atoms with Gasteiger partial charge in [0.05, 0.1) is 17.6 Å². The molecule has 0 spiro atoms. The molecule has 2 N–H and O–H groups in total. The second-order valence-corrected chi connectivity index (χ2v) is 4.28. The van der Waals surface area contributed by atoms with Gasteiger partial charge in [0.1, 0.15) is 18.5 Å². The van der Waals surface area contributed by atoms with Gasteiger partial charge in [0, 0.05) is 24.3 Å². The average molecular weight is 285 g/mol. The van der Waals surface area contributed by atoms with Crippen molar-refractivity contribution < 1.29 is 24.6 Å². The molecule has 0 aliphatic carbocycles. The molecule has 1 unspecified atom stereocenters. The van der Waals surface area contributed by atoms with E-state index in [0.29, 0.717) is 17.9 Å². The average Bonchev–Trinajstić information content (AvgIpc) is 2.42. The number of nitrogens with zero attached hydrogens (tertiary/aromatic N) is 1. The fourth-order valence-electron chi connectivity index (χ4n) is 1.60. The predicted octanol–water partition coefficient (Wildman–Crippen LogP) is 1.42. The number of aliphatic hydroxyl groups excluding tert-OH is 2. The van der Waals surface area contributed by atoms with Crippen molar-refractivity contribution in [1.82, 2.24) is 0 Å². The number of hydrogen-bond acceptors (Lipinski definition) is 6. The van der Waals surface area contributed by atoms with Gasteiger partial charge >= 0.3 is 0 Å². The number of nitro groups is 1. The first-order valence-corrected chi connectivity index (χ1v) is 6.30. The van der Waals surface area contributed by atoms with Crippen LogP contribution < -0.4 is 4.74 Å². The van der Waals surface area contributed by atoms with E-state index >= 15 is 0 Å². The van der Waals surface area contributed by atoms with Crippen molar-refractivity contribution in [3.05, 3.63) is 33.9 Å². The van der Waals surface area contributed by atoms with E-state index in [1.807, 2.05) is 6.92 Å². The fraction of sp³-hybridized carbons (Fsp3) is 0.538. The smallest absolute Gasteiger partial charge is 0.270 e. The fourth-order valence-corrected chi connectivity index (χ4v) is 1.60. The first-order valence-electron chi connectivity index (χ1n) is 6.30. The van der Waals surface area contributed by atoms with Crippen LogP contribution in [0.15, 0.2) is 18.2 Å². The molecule has 7 heteroatoms. The number of non-ortho nitro benzene ring substituents is 1. The van der Waals surface area contributed by atoms with E-state index in [9.17, 15) is 20.3 Å². The first-order chi connectivity index (χ1) is 9.45. The largest absolute Gasteiger partial charge is 0.490 e. The van der Waals surface area contributed by atoms with E-state index in [2.05, 4.69) is 0 Å². The van der Waals surface area contributed by atoms with E-state index < -0.39 is 17.1 Å². The lowest BCUT2D eigenvalue weighted by Crippen LogP contribution is -2.23. The minimum absolute atomic E-state index is 0.0163. The van der Waals surface area contributed by atoms with Crippen molar-refractivity contribution in [1.29, 1.82) is 0 Å². The van der Waals surface area contributed by atoms with Gasteiger partial charge in [0.2, 0.25) is 0 Å². The van der Waals surface area contributed by atoms with Crippen LogP contribution in [0.5, 0.6) is 5.75 Å². The molecule has 1 aromatic carbocycles. The maximum absolute atomic E-state index is 10.7. The summed E-state index contributed by atoms with van der Waals surface area (Å²) in [6, 6.07) is 3.96. The van der Waals surface area contributed by atoms with Crippen LogP contribution >= 0.6 is 0 Å². The Kier molecular flexibility index (Phi) is 6.37. The highest BCUT2D eigenvalue weighted by molar-refractivity contribution is 5.44. The van der Waals surface area contributed by atoms with E-state index in [-0.39, 0.29) is 18.9 Å². The molecule has 7 nitrogen and oxygen atoms in total. The minimum atomic E-state index is -0.908. The number of hydrogen-bond donors (Lipinski definition) is 2. The Balaban J connectivity index is 2.76. The summed E-state index contributed by atoms with van der Waals surface area (Å²) in [7, 11) is 0. The van der Waals surface area contributed by atoms with Crippen molar-refractivity contribution in [3.8, 4) is 5.75 Å². The van der Waals surface area contributed by atoms with Crippen molar-refractivity contribution in [3.63, 3.8) is 0 Å². The molecule has 0 radical (unpaired) electrons. The van der Waals surface area contributed by atoms with E-state index in [0.717, 1.165) is 0 Å². The zero-order valence-electron chi connectivity index (χ0n) is 11.5. The molecule has 112 valence electrons. The van der Waals surface area contributed by atoms with Crippen LogP contribution in [0.3, 0.4) is 0 Å². The molecule has 0 saturated carbocycles. The Bertz CT molecular complexity index is 448. The van der Waals surface area contributed by atoms with Gasteiger partial charge in [0.25, 0.3) is 5.69 Å². The molecule has 0 bridgehead atoms. The van der Waals surface area contributed by atoms with Crippen LogP contribution in [0.2, 0.25) is 0 Å². The van der Waals surface area contributed by atoms with Crippen LogP contribution in [0.4, 0.5) is 5.69 Å². The van der Waals surface area contributed by atoms with Crippen molar-refractivity contribution in [2.75, 3.05) is 19.8 Å². The Morgan fingerprint density at radius 1 is 1.35 bits per heavy atom. The highest BCUT2D eigenvalue weighted by Crippen LogP contribution is 2.29. The lowest BCUT2D eigenvalue weighted by atomic mass is 10.1. The summed E-state index contributed by atoms with van der Waals surface area (Å²) in [5.74, 6) is 0.307. The topological polar surface area (TPSA) is 102 Å². The second kappa shape index (κ2) is 7.78. The van der Waals surface area contributed by atoms with Gasteiger partial charge in [-0.2, -0.15) is 0 Å². The molecule has 0 fully saturated rings. The number of rotatable bonds is 8. The zero-order chi connectivity index (χ0) is 15.1. The number of benzene rings is 1. The highest BCUT2D eigenvalue weighted by Gasteiger charge is 2.16. The molecule has 2 atom stereocenters. The maximum atomic E-state index is 10.7. The third kappa shape index (κ3) is 4.76. The van der Waals surface area contributed by atoms with Crippen molar-refractivity contribution in [2.45, 2.75) is 26.1 Å². The van der Waals surface area contributed by atoms with Gasteiger partial charge in [-0.05, 0) is 19.9 Å². The van der Waals surface area contributed by atoms with Crippen molar-refractivity contribution >= 4 is 5.69 Å². The van der Waals surface area contributed by atoms with Crippen LogP contribution in [0, 0.1) is 10.1 Å². The van der Waals surface area contributed by atoms with Gasteiger partial charge in [-0.25, -0.2) is 0 Å². The lowest BCUT2D eigenvalue weighted by Gasteiger charge is -2.16. The van der Waals surface area contributed by atoms with E-state index in [1.54, 1.807) is 0 Å². The molecule has 0 heterocycles. The molecule has 0 amide bonds. The minimum Gasteiger partial charge on any atom is -0.490 e. The molecule has 0 saturated heterocycles. The highest BCUT2D eigenvalue weighted by atomic mass is 16.6. The third-order valence-electron chi connectivity index (χ3n) is 2.60. The number of ether oxygens (including phenoxy) is 2. The van der Waals surface area contributed by atoms with Crippen molar-refractivity contribution in [2.24, 2.45) is 0 Å². The predicted molar refractivity (Wildman–Crippen MR) is 71.7 cm³/mol. The Labute approximate surface area is 116 Å². The van der Waals surface area contributed by atoms with Gasteiger partial charge in [0.15, 0.2) is 0 Å². The summed E-state index contributed by atoms with van der Waals surface area (Å²) in [6.07, 6.45) is -1.71. The molecule has 0 aromatic heterocycles. The summed E-state index contributed by atoms with van der Waals surface area (Å²) in [5, 5.41) is 29.9. The molecule has 20 heavy (non-hydrogen) atoms. The van der Waals surface area contributed by atoms with Crippen LogP contribution in [-0.4, -0.2) is 41.1 Å². The zero-order valence-corrected chi connectivity index (χ0v) is 11.5. The summed E-state index contributed by atoms with van der Waals surface area (Å²) in [5.41, 5.74) is 0.186. The lowest BCUT2D eigenvalue weighted by molar-refractivity contribution is -0.385. The molecular formula is C13H19NO6. The summed E-state index contributed by atoms with van der Waals surface area (Å²) in [6.45, 7) is 3.93. The van der Waals surface area contributed by atoms with E-state index in [4.69, 9.17) is 9.47 Å². The standard InChI is InChI=1S/C13H19NO6/c1-3-19-7-11(16)8-20-13-5-4-10(14(17)18)6-12(13)9(2)15/h4-6,9,11,15-16H,3,7-8H2,1-2H3/t9-,11?/m1/s1. The van der Waals surface area contributed by atoms with Gasteiger partial charge in [-0.1, -0.05) is 0 Å². The SMILES string of the molecule is CCOCC(O)COc1ccc([N+](=O)[O-])cc1[C@@H](C)O. The number of nitro benzene ring substituents is 1. The summed E-state index contributed by atoms with van der Waals surface area (Å²) >= 11 is 0.